The van der Waals surface area contributed by atoms with Gasteiger partial charge in [-0.25, -0.2) is 0 Å². The van der Waals surface area contributed by atoms with Gasteiger partial charge in [-0.3, -0.25) is 62.3 Å². The summed E-state index contributed by atoms with van der Waals surface area (Å²) in [6.45, 7) is 3.94. The van der Waals surface area contributed by atoms with E-state index in [9.17, 15) is 83.2 Å². The van der Waals surface area contributed by atoms with Crippen molar-refractivity contribution in [3.8, 4) is 0 Å². The third kappa shape index (κ3) is 14.6. The summed E-state index contributed by atoms with van der Waals surface area (Å²) in [5, 5.41) is 56.5. The summed E-state index contributed by atoms with van der Waals surface area (Å²) in [5.74, 6) is -9.90. The average Bonchev–Trinajstić information content (AvgIpc) is 3.12. The van der Waals surface area contributed by atoms with Gasteiger partial charge in [0, 0.05) is 57.6 Å². The van der Waals surface area contributed by atoms with Gasteiger partial charge in [0.25, 0.3) is 57.7 Å². The van der Waals surface area contributed by atoms with Crippen LogP contribution in [0.4, 0.5) is 0 Å². The van der Waals surface area contributed by atoms with Gasteiger partial charge in [0.2, 0.25) is 5.91 Å². The van der Waals surface area contributed by atoms with E-state index < -0.39 is 157 Å². The minimum absolute atomic E-state index is 0.00483. The van der Waals surface area contributed by atoms with Gasteiger partial charge in [-0.05, 0) is 74.2 Å². The van der Waals surface area contributed by atoms with Gasteiger partial charge >= 0.3 is 0 Å². The lowest BCUT2D eigenvalue weighted by Gasteiger charge is -2.32. The standard InChI is InChI=1S/C53H66N12O19/c1-28(2)41(66)30-9-15-39(64(81)48(30)73)52(77)60-21-5-8-36(45(70)57-20-25-83-24-17-54)61(53(78)40-16-10-31(42(67)29(3)4)49(74)65(40)82)23-7-19-56-47(72)38-14-12-33(51(76)63(38)80)44(69)59-35-27-84-26-34(35)58-43(68)32-11-13-37(62(79)50(32)75)46(71)55-18-6-22-60/h9-16,28-29,34-36,79-82H,5-8,17-27,54H2,1-4H3,(H,55,71)(H,56,72)(H,57,70)(H,58,68)(H,59,69)/t34-,35+,36?/m1/s1. The topological polar surface area (TPSA) is 434 Å². The summed E-state index contributed by atoms with van der Waals surface area (Å²) < 4.78 is 10.6. The maximum Gasteiger partial charge on any atom is 0.296 e. The number of carbonyl (C=O) groups excluding carboxylic acids is 9. The number of rotatable bonds is 12. The minimum atomic E-state index is -1.58. The second-order valence-corrected chi connectivity index (χ2v) is 20.1. The lowest BCUT2D eigenvalue weighted by Crippen LogP contribution is -2.52. The number of hydrogen-bond acceptors (Lipinski definition) is 20. The van der Waals surface area contributed by atoms with Crippen LogP contribution in [0.3, 0.4) is 0 Å². The van der Waals surface area contributed by atoms with E-state index in [2.05, 4.69) is 26.6 Å². The Bertz CT molecular complexity index is 3460. The van der Waals surface area contributed by atoms with Crippen LogP contribution in [0.15, 0.2) is 67.7 Å². The summed E-state index contributed by atoms with van der Waals surface area (Å²) in [6, 6.07) is 4.26. The molecule has 11 N–H and O–H groups in total. The Hall–Kier alpha value is -9.49. The molecule has 4 aromatic rings. The molecule has 7 amide bonds. The highest BCUT2D eigenvalue weighted by Crippen LogP contribution is 2.18. The highest BCUT2D eigenvalue weighted by atomic mass is 16.5. The number of ether oxygens (including phenoxy) is 2. The molecule has 31 heteroatoms. The van der Waals surface area contributed by atoms with E-state index in [0.29, 0.717) is 0 Å². The Balaban J connectivity index is 1.41. The van der Waals surface area contributed by atoms with Crippen LogP contribution in [0, 0.1) is 11.8 Å². The van der Waals surface area contributed by atoms with Gasteiger partial charge in [-0.2, -0.15) is 0 Å². The Morgan fingerprint density at radius 3 is 1.54 bits per heavy atom. The Morgan fingerprint density at radius 1 is 0.595 bits per heavy atom. The number of fused-ring (bicyclic) bond motifs is 2. The van der Waals surface area contributed by atoms with E-state index in [4.69, 9.17) is 15.2 Å². The fourth-order valence-electron chi connectivity index (χ4n) is 9.03. The number of amides is 7. The molecule has 1 unspecified atom stereocenters. The monoisotopic (exact) mass is 1170 g/mol. The quantitative estimate of drug-likeness (QED) is 0.0404. The largest absolute Gasteiger partial charge is 0.425 e. The lowest BCUT2D eigenvalue weighted by molar-refractivity contribution is -0.126. The van der Waals surface area contributed by atoms with Gasteiger partial charge in [0.1, 0.15) is 39.9 Å². The molecule has 3 atom stereocenters. The van der Waals surface area contributed by atoms with Crippen molar-refractivity contribution in [3.63, 3.8) is 0 Å². The Kier molecular flexibility index (Phi) is 21.6. The molecule has 4 aromatic heterocycles. The molecule has 0 radical (unpaired) electrons. The average molecular weight is 1180 g/mol. The van der Waals surface area contributed by atoms with Crippen LogP contribution in [0.1, 0.15) is 137 Å². The molecule has 8 heterocycles. The van der Waals surface area contributed by atoms with Crippen molar-refractivity contribution in [2.45, 2.75) is 71.5 Å². The smallest absolute Gasteiger partial charge is 0.296 e. The molecule has 8 rings (SSSR count). The van der Waals surface area contributed by atoms with Crippen LogP contribution in [-0.4, -0.2) is 193 Å². The fourth-order valence-corrected chi connectivity index (χ4v) is 9.03. The zero-order chi connectivity index (χ0) is 61.7. The zero-order valence-electron chi connectivity index (χ0n) is 46.3. The first-order valence-corrected chi connectivity index (χ1v) is 26.7. The summed E-state index contributed by atoms with van der Waals surface area (Å²) in [5.41, 5.74) is -4.45. The molecule has 84 heavy (non-hydrogen) atoms. The van der Waals surface area contributed by atoms with Crippen molar-refractivity contribution in [3.05, 3.63) is 135 Å². The van der Waals surface area contributed by atoms with Gasteiger partial charge < -0.3 is 72.4 Å². The number of ketones is 2. The maximum atomic E-state index is 14.8. The Labute approximate surface area is 476 Å². The molecule has 0 aliphatic carbocycles. The summed E-state index contributed by atoms with van der Waals surface area (Å²) in [4.78, 5) is 179. The first-order chi connectivity index (χ1) is 39.9. The van der Waals surface area contributed by atoms with E-state index in [-0.39, 0.29) is 110 Å². The number of carbonyl (C=O) groups is 9. The van der Waals surface area contributed by atoms with Crippen molar-refractivity contribution >= 4 is 52.9 Å². The summed E-state index contributed by atoms with van der Waals surface area (Å²) >= 11 is 0. The van der Waals surface area contributed by atoms with Crippen LogP contribution < -0.4 is 54.6 Å². The molecule has 1 fully saturated rings. The molecule has 4 aliphatic rings. The fraction of sp³-hybridized carbons (Fsp3) is 0.453. The molecule has 1 saturated heterocycles. The van der Waals surface area contributed by atoms with Gasteiger partial charge in [-0.1, -0.05) is 27.7 Å². The van der Waals surface area contributed by atoms with Crippen LogP contribution in [0.2, 0.25) is 0 Å². The van der Waals surface area contributed by atoms with Gasteiger partial charge in [0.15, 0.2) is 11.6 Å². The summed E-state index contributed by atoms with van der Waals surface area (Å²) in [6.07, 6.45) is -0.902. The second kappa shape index (κ2) is 28.5. The molecule has 4 bridgehead atoms. The van der Waals surface area contributed by atoms with Crippen molar-refractivity contribution in [2.75, 3.05) is 72.2 Å². The first kappa shape index (κ1) is 63.7. The SMILES string of the molecule is CC(C)C(=O)c1ccc(C(=O)N2CCCNC(=O)c3ccc(c(=O)n3O)C(=O)N[C@@H]3COC[C@@H]3NC(=O)c3ccc(n(O)c3=O)C(=O)NCCCN(C(=O)c3ccc(C(=O)C(C)C)c(=O)n3O)C(C(=O)NCCOCCN)CCC2)n(O)c1=O. The molecular weight excluding hydrogens is 1110 g/mol. The molecule has 0 saturated carbocycles. The van der Waals surface area contributed by atoms with Crippen molar-refractivity contribution in [1.29, 1.82) is 0 Å². The lowest BCUT2D eigenvalue weighted by atomic mass is 10.0. The van der Waals surface area contributed by atoms with E-state index in [1.165, 1.54) is 27.7 Å². The molecule has 0 spiro atoms. The number of aromatic nitrogens is 4. The minimum Gasteiger partial charge on any atom is -0.425 e. The normalized spacial score (nSPS) is 17.9. The predicted octanol–water partition coefficient (Wildman–Crippen LogP) is -2.33. The van der Waals surface area contributed by atoms with Crippen LogP contribution >= 0.6 is 0 Å². The van der Waals surface area contributed by atoms with E-state index in [1.807, 2.05) is 0 Å². The van der Waals surface area contributed by atoms with E-state index in [1.54, 1.807) is 0 Å². The highest BCUT2D eigenvalue weighted by Gasteiger charge is 2.36. The van der Waals surface area contributed by atoms with Crippen LogP contribution in [0.5, 0.6) is 0 Å². The van der Waals surface area contributed by atoms with E-state index >= 15 is 0 Å². The number of hydrogen-bond donors (Lipinski definition) is 10. The second-order valence-electron chi connectivity index (χ2n) is 20.1. The number of pyridine rings is 4. The number of Topliss-reactive ketones (excluding diaryl/α,β-unsaturated/α-hetero) is 2. The van der Waals surface area contributed by atoms with Crippen molar-refractivity contribution in [1.82, 2.24) is 55.3 Å². The van der Waals surface area contributed by atoms with E-state index in [0.717, 1.165) is 58.3 Å². The van der Waals surface area contributed by atoms with Gasteiger partial charge in [0.05, 0.1) is 49.6 Å². The van der Waals surface area contributed by atoms with Crippen LogP contribution in [-0.2, 0) is 14.3 Å². The third-order valence-electron chi connectivity index (χ3n) is 13.6. The predicted molar refractivity (Wildman–Crippen MR) is 290 cm³/mol. The van der Waals surface area contributed by atoms with Crippen molar-refractivity contribution in [2.24, 2.45) is 17.6 Å². The maximum absolute atomic E-state index is 14.8. The molecule has 0 aromatic carbocycles. The third-order valence-corrected chi connectivity index (χ3v) is 13.6. The van der Waals surface area contributed by atoms with Gasteiger partial charge in [-0.15, -0.1) is 18.9 Å². The van der Waals surface area contributed by atoms with Crippen LogP contribution in [0.25, 0.3) is 0 Å². The number of nitrogens with zero attached hydrogens (tertiary/aromatic N) is 6. The highest BCUT2D eigenvalue weighted by molar-refractivity contribution is 6.01. The number of nitrogens with one attached hydrogen (secondary N) is 5. The molecule has 452 valence electrons. The number of nitrogens with two attached hydrogens (primary N) is 1. The molecular formula is C53H66N12O19. The Morgan fingerprint density at radius 2 is 1.06 bits per heavy atom. The first-order valence-electron chi connectivity index (χ1n) is 26.7. The van der Waals surface area contributed by atoms with Crippen molar-refractivity contribution < 1.29 is 73.5 Å². The summed E-state index contributed by atoms with van der Waals surface area (Å²) in [7, 11) is 0. The molecule has 31 nitrogen and oxygen atoms in total. The molecule has 4 aliphatic heterocycles. The zero-order valence-corrected chi connectivity index (χ0v) is 46.3.